The molecule has 1 aliphatic heterocycles. The van der Waals surface area contributed by atoms with Crippen LogP contribution in [-0.4, -0.2) is 28.4 Å². The van der Waals surface area contributed by atoms with Crippen molar-refractivity contribution < 1.29 is 4.79 Å². The molecule has 0 spiro atoms. The van der Waals surface area contributed by atoms with E-state index in [1.54, 1.807) is 11.1 Å². The number of likely N-dealkylation sites (tertiary alicyclic amines) is 1. The Balaban J connectivity index is 0.00000161. The first kappa shape index (κ1) is 15.8. The van der Waals surface area contributed by atoms with E-state index in [0.717, 1.165) is 16.3 Å². The van der Waals surface area contributed by atoms with E-state index in [1.807, 2.05) is 18.2 Å². The van der Waals surface area contributed by atoms with Gasteiger partial charge >= 0.3 is 0 Å². The molecule has 1 aromatic carbocycles. The van der Waals surface area contributed by atoms with Crippen LogP contribution in [0.5, 0.6) is 0 Å². The highest BCUT2D eigenvalue weighted by atomic mass is 35.5. The highest BCUT2D eigenvalue weighted by Crippen LogP contribution is 2.28. The Hall–Kier alpha value is -1.56. The van der Waals surface area contributed by atoms with E-state index in [4.69, 9.17) is 23.1 Å². The molecule has 1 saturated heterocycles. The van der Waals surface area contributed by atoms with E-state index < -0.39 is 0 Å². The van der Waals surface area contributed by atoms with Gasteiger partial charge in [0.05, 0.1) is 6.04 Å². The summed E-state index contributed by atoms with van der Waals surface area (Å²) in [4.78, 5) is 17.7. The summed E-state index contributed by atoms with van der Waals surface area (Å²) in [6, 6.07) is 5.23. The SMILES string of the molecule is Cl.Nc1cc2ccnc(Cl)c2cc1CN1CC[C@H](N)C1=O. The third-order valence-electron chi connectivity index (χ3n) is 3.68. The van der Waals surface area contributed by atoms with Gasteiger partial charge in [0.1, 0.15) is 5.15 Å². The number of anilines is 1. The van der Waals surface area contributed by atoms with Crippen LogP contribution in [0.25, 0.3) is 10.8 Å². The molecule has 4 N–H and O–H groups in total. The Morgan fingerprint density at radius 2 is 2.19 bits per heavy atom. The molecule has 7 heteroatoms. The Labute approximate surface area is 133 Å². The Bertz CT molecular complexity index is 692. The summed E-state index contributed by atoms with van der Waals surface area (Å²) >= 11 is 6.10. The molecule has 1 fully saturated rings. The molecule has 1 aromatic heterocycles. The van der Waals surface area contributed by atoms with E-state index >= 15 is 0 Å². The lowest BCUT2D eigenvalue weighted by Gasteiger charge is -2.18. The van der Waals surface area contributed by atoms with Gasteiger partial charge in [-0.2, -0.15) is 0 Å². The number of rotatable bonds is 2. The van der Waals surface area contributed by atoms with Crippen LogP contribution in [0.2, 0.25) is 5.15 Å². The second kappa shape index (κ2) is 6.05. The number of fused-ring (bicyclic) bond motifs is 1. The second-order valence-electron chi connectivity index (χ2n) is 5.03. The van der Waals surface area contributed by atoms with Crippen molar-refractivity contribution in [3.8, 4) is 0 Å². The summed E-state index contributed by atoms with van der Waals surface area (Å²) in [5.41, 5.74) is 13.3. The highest BCUT2D eigenvalue weighted by Gasteiger charge is 2.28. The molecule has 0 unspecified atom stereocenters. The molecular formula is C14H16Cl2N4O. The molecule has 2 aromatic rings. The first-order valence-electron chi connectivity index (χ1n) is 6.43. The lowest BCUT2D eigenvalue weighted by atomic mass is 10.1. The molecule has 5 nitrogen and oxygen atoms in total. The average Bonchev–Trinajstić information content (AvgIpc) is 2.72. The predicted octanol–water partition coefficient (Wildman–Crippen LogP) is 1.95. The van der Waals surface area contributed by atoms with Gasteiger partial charge in [-0.15, -0.1) is 12.4 Å². The van der Waals surface area contributed by atoms with Gasteiger partial charge < -0.3 is 16.4 Å². The predicted molar refractivity (Wildman–Crippen MR) is 86.4 cm³/mol. The van der Waals surface area contributed by atoms with Crippen LogP contribution in [0.1, 0.15) is 12.0 Å². The molecule has 0 bridgehead atoms. The number of halogens is 2. The van der Waals surface area contributed by atoms with Gasteiger partial charge in [-0.3, -0.25) is 4.79 Å². The van der Waals surface area contributed by atoms with E-state index in [0.29, 0.717) is 30.4 Å². The van der Waals surface area contributed by atoms with Crippen molar-refractivity contribution in [2.75, 3.05) is 12.3 Å². The maximum atomic E-state index is 11.9. The van der Waals surface area contributed by atoms with Gasteiger partial charge in [-0.05, 0) is 35.6 Å². The molecule has 2 heterocycles. The largest absolute Gasteiger partial charge is 0.398 e. The minimum Gasteiger partial charge on any atom is -0.398 e. The fourth-order valence-electron chi connectivity index (χ4n) is 2.51. The van der Waals surface area contributed by atoms with Crippen molar-refractivity contribution in [1.82, 2.24) is 9.88 Å². The van der Waals surface area contributed by atoms with Gasteiger partial charge in [0.25, 0.3) is 0 Å². The molecule has 112 valence electrons. The maximum Gasteiger partial charge on any atom is 0.239 e. The number of nitrogen functional groups attached to an aromatic ring is 1. The zero-order valence-electron chi connectivity index (χ0n) is 11.3. The molecule has 1 aliphatic rings. The van der Waals surface area contributed by atoms with Crippen molar-refractivity contribution in [1.29, 1.82) is 0 Å². The number of pyridine rings is 1. The molecule has 21 heavy (non-hydrogen) atoms. The van der Waals surface area contributed by atoms with Crippen LogP contribution in [0.4, 0.5) is 5.69 Å². The normalized spacial score (nSPS) is 18.1. The summed E-state index contributed by atoms with van der Waals surface area (Å²) in [5, 5.41) is 2.22. The minimum absolute atomic E-state index is 0. The van der Waals surface area contributed by atoms with Crippen molar-refractivity contribution in [3.63, 3.8) is 0 Å². The molecule has 1 atom stereocenters. The quantitative estimate of drug-likeness (QED) is 0.652. The standard InChI is InChI=1S/C14H15ClN4O.ClH/c15-13-10-5-9(7-19-4-2-11(16)14(19)20)12(17)6-8(10)1-3-18-13;/h1,3,5-6,11H,2,4,7,16-17H2;1H/t11-;/m0./s1. The Kier molecular flexibility index (Phi) is 4.56. The number of amides is 1. The van der Waals surface area contributed by atoms with Crippen LogP contribution in [0.15, 0.2) is 24.4 Å². The summed E-state index contributed by atoms with van der Waals surface area (Å²) in [6.07, 6.45) is 2.33. The number of nitrogens with two attached hydrogens (primary N) is 2. The van der Waals surface area contributed by atoms with Gasteiger partial charge in [0.15, 0.2) is 0 Å². The van der Waals surface area contributed by atoms with E-state index in [2.05, 4.69) is 4.98 Å². The fourth-order valence-corrected chi connectivity index (χ4v) is 2.73. The third-order valence-corrected chi connectivity index (χ3v) is 3.98. The minimum atomic E-state index is -0.387. The number of aromatic nitrogens is 1. The van der Waals surface area contributed by atoms with E-state index in [1.165, 1.54) is 0 Å². The first-order valence-corrected chi connectivity index (χ1v) is 6.81. The van der Waals surface area contributed by atoms with Crippen LogP contribution < -0.4 is 11.5 Å². The summed E-state index contributed by atoms with van der Waals surface area (Å²) in [5.74, 6) is -0.0261. The topological polar surface area (TPSA) is 85.2 Å². The van der Waals surface area contributed by atoms with Crippen molar-refractivity contribution in [2.24, 2.45) is 5.73 Å². The maximum absolute atomic E-state index is 11.9. The zero-order chi connectivity index (χ0) is 14.3. The summed E-state index contributed by atoms with van der Waals surface area (Å²) in [6.45, 7) is 1.12. The van der Waals surface area contributed by atoms with Crippen LogP contribution >= 0.6 is 24.0 Å². The number of hydrogen-bond acceptors (Lipinski definition) is 4. The van der Waals surface area contributed by atoms with E-state index in [9.17, 15) is 4.79 Å². The molecule has 1 amide bonds. The highest BCUT2D eigenvalue weighted by molar-refractivity contribution is 6.34. The summed E-state index contributed by atoms with van der Waals surface area (Å²) in [7, 11) is 0. The Morgan fingerprint density at radius 1 is 1.43 bits per heavy atom. The lowest BCUT2D eigenvalue weighted by molar-refractivity contribution is -0.129. The molecule has 3 rings (SSSR count). The Morgan fingerprint density at radius 3 is 2.86 bits per heavy atom. The fraction of sp³-hybridized carbons (Fsp3) is 0.286. The first-order chi connectivity index (χ1) is 9.56. The van der Waals surface area contributed by atoms with Gasteiger partial charge in [0.2, 0.25) is 5.91 Å². The van der Waals surface area contributed by atoms with Gasteiger partial charge in [-0.25, -0.2) is 4.98 Å². The number of nitrogens with zero attached hydrogens (tertiary/aromatic N) is 2. The number of carbonyl (C=O) groups is 1. The second-order valence-corrected chi connectivity index (χ2v) is 5.39. The lowest BCUT2D eigenvalue weighted by Crippen LogP contribution is -2.33. The van der Waals surface area contributed by atoms with Gasteiger partial charge in [0, 0.05) is 30.4 Å². The summed E-state index contributed by atoms with van der Waals surface area (Å²) < 4.78 is 0. The third kappa shape index (κ3) is 2.90. The molecule has 0 saturated carbocycles. The average molecular weight is 327 g/mol. The smallest absolute Gasteiger partial charge is 0.239 e. The van der Waals surface area contributed by atoms with Crippen molar-refractivity contribution in [3.05, 3.63) is 35.1 Å². The molecular weight excluding hydrogens is 311 g/mol. The molecule has 0 aliphatic carbocycles. The van der Waals surface area contributed by atoms with Gasteiger partial charge in [-0.1, -0.05) is 11.6 Å². The van der Waals surface area contributed by atoms with Crippen LogP contribution in [0.3, 0.4) is 0 Å². The monoisotopic (exact) mass is 326 g/mol. The number of benzene rings is 1. The zero-order valence-corrected chi connectivity index (χ0v) is 12.8. The number of carbonyl (C=O) groups excluding carboxylic acids is 1. The number of hydrogen-bond donors (Lipinski definition) is 2. The van der Waals surface area contributed by atoms with E-state index in [-0.39, 0.29) is 24.4 Å². The van der Waals surface area contributed by atoms with Crippen LogP contribution in [-0.2, 0) is 11.3 Å². The van der Waals surface area contributed by atoms with Crippen molar-refractivity contribution >= 4 is 46.4 Å². The molecule has 0 radical (unpaired) electrons. The van der Waals surface area contributed by atoms with Crippen molar-refractivity contribution in [2.45, 2.75) is 19.0 Å². The van der Waals surface area contributed by atoms with Crippen LogP contribution in [0, 0.1) is 0 Å².